The molecule has 0 bridgehead atoms. The van der Waals surface area contributed by atoms with Crippen LogP contribution in [0.5, 0.6) is 5.75 Å². The third kappa shape index (κ3) is 4.57. The summed E-state index contributed by atoms with van der Waals surface area (Å²) >= 11 is 1.41. The molecular weight excluding hydrogens is 548 g/mol. The van der Waals surface area contributed by atoms with E-state index >= 15 is 0 Å². The highest BCUT2D eigenvalue weighted by atomic mass is 32.1. The average Bonchev–Trinajstić information content (AvgIpc) is 3.52. The topological polar surface area (TPSA) is 76.4 Å². The molecule has 0 spiro atoms. The molecule has 8 nitrogen and oxygen atoms in total. The number of halogens is 4. The number of benzene rings is 1. The summed E-state index contributed by atoms with van der Waals surface area (Å²) in [5.74, 6) is -0.945. The van der Waals surface area contributed by atoms with Crippen molar-refractivity contribution in [1.29, 1.82) is 0 Å². The molecule has 208 valence electrons. The Balaban J connectivity index is 1.35. The highest BCUT2D eigenvalue weighted by molar-refractivity contribution is 7.19. The minimum Gasteiger partial charge on any atom is -0.491 e. The second-order valence-electron chi connectivity index (χ2n) is 9.82. The number of alkyl halides is 2. The standard InChI is InChI=1S/C27H24F4N6O2S/c1-14-11-35(12-15(2)36(14)27(38)25(30)31)22-6-5-20-23(34-22)24-16(7-8-39-20)9-21(40-24)26-32-13-33-37(26)19-4-3-17(28)10-18(19)29/h3-6,9-10,13-15,25H,7-8,11-12H2,1-2H3/t14-,15+. The molecule has 2 atom stereocenters. The van der Waals surface area contributed by atoms with Gasteiger partial charge in [-0.3, -0.25) is 4.79 Å². The van der Waals surface area contributed by atoms with E-state index < -0.39 is 36.1 Å². The summed E-state index contributed by atoms with van der Waals surface area (Å²) in [6.07, 6.45) is -1.12. The maximum atomic E-state index is 14.6. The van der Waals surface area contributed by atoms with E-state index in [1.807, 2.05) is 23.1 Å². The second kappa shape index (κ2) is 10.2. The first kappa shape index (κ1) is 26.2. The molecule has 1 saturated heterocycles. The number of thiophene rings is 1. The molecule has 0 N–H and O–H groups in total. The van der Waals surface area contributed by atoms with E-state index in [2.05, 4.69) is 10.1 Å². The van der Waals surface area contributed by atoms with Gasteiger partial charge in [0.05, 0.1) is 16.4 Å². The smallest absolute Gasteiger partial charge is 0.315 e. The fourth-order valence-corrected chi connectivity index (χ4v) is 6.57. The van der Waals surface area contributed by atoms with Crippen molar-refractivity contribution in [3.05, 3.63) is 59.9 Å². The Bertz CT molecular complexity index is 1580. The zero-order valence-electron chi connectivity index (χ0n) is 21.5. The van der Waals surface area contributed by atoms with Gasteiger partial charge in [0.2, 0.25) is 0 Å². The molecule has 0 unspecified atom stereocenters. The quantitative estimate of drug-likeness (QED) is 0.322. The molecule has 5 heterocycles. The number of ether oxygens (including phenoxy) is 1. The van der Waals surface area contributed by atoms with E-state index in [0.717, 1.165) is 27.5 Å². The van der Waals surface area contributed by atoms with Gasteiger partial charge in [-0.05, 0) is 49.7 Å². The minimum absolute atomic E-state index is 0.0781. The Kier molecular flexibility index (Phi) is 6.69. The summed E-state index contributed by atoms with van der Waals surface area (Å²) in [6.45, 7) is 4.63. The van der Waals surface area contributed by atoms with Crippen LogP contribution in [0.1, 0.15) is 19.4 Å². The monoisotopic (exact) mass is 572 g/mol. The predicted octanol–water partition coefficient (Wildman–Crippen LogP) is 4.96. The number of piperazine rings is 1. The van der Waals surface area contributed by atoms with Crippen LogP contribution >= 0.6 is 11.3 Å². The Morgan fingerprint density at radius 1 is 1.10 bits per heavy atom. The summed E-state index contributed by atoms with van der Waals surface area (Å²) in [4.78, 5) is 26.2. The van der Waals surface area contributed by atoms with Gasteiger partial charge in [0.25, 0.3) is 5.91 Å². The zero-order chi connectivity index (χ0) is 28.1. The number of nitrogens with zero attached hydrogens (tertiary/aromatic N) is 6. The van der Waals surface area contributed by atoms with Gasteiger partial charge in [-0.25, -0.2) is 23.4 Å². The van der Waals surface area contributed by atoms with Crippen LogP contribution in [0.15, 0.2) is 42.7 Å². The lowest BCUT2D eigenvalue weighted by Gasteiger charge is -2.44. The molecule has 6 rings (SSSR count). The normalized spacial score (nSPS) is 18.8. The fourth-order valence-electron chi connectivity index (χ4n) is 5.38. The lowest BCUT2D eigenvalue weighted by molar-refractivity contribution is -0.148. The van der Waals surface area contributed by atoms with Crippen molar-refractivity contribution in [2.75, 3.05) is 24.6 Å². The van der Waals surface area contributed by atoms with Crippen LogP contribution in [0.25, 0.3) is 27.0 Å². The van der Waals surface area contributed by atoms with Crippen molar-refractivity contribution in [3.63, 3.8) is 0 Å². The van der Waals surface area contributed by atoms with E-state index in [0.29, 0.717) is 49.2 Å². The molecule has 3 aromatic heterocycles. The average molecular weight is 573 g/mol. The predicted molar refractivity (Wildman–Crippen MR) is 141 cm³/mol. The van der Waals surface area contributed by atoms with E-state index in [4.69, 9.17) is 9.72 Å². The van der Waals surface area contributed by atoms with Gasteiger partial charge in [0.1, 0.15) is 35.1 Å². The molecule has 4 aromatic rings. The summed E-state index contributed by atoms with van der Waals surface area (Å²) in [6, 6.07) is 8.05. The largest absolute Gasteiger partial charge is 0.491 e. The van der Waals surface area contributed by atoms with Gasteiger partial charge < -0.3 is 14.5 Å². The molecule has 1 aromatic carbocycles. The van der Waals surface area contributed by atoms with Gasteiger partial charge in [0, 0.05) is 37.7 Å². The van der Waals surface area contributed by atoms with Crippen molar-refractivity contribution < 1.29 is 27.1 Å². The lowest BCUT2D eigenvalue weighted by Crippen LogP contribution is -2.60. The highest BCUT2D eigenvalue weighted by Gasteiger charge is 2.37. The first-order chi connectivity index (χ1) is 19.2. The minimum atomic E-state index is -3.05. The molecule has 1 fully saturated rings. The first-order valence-electron chi connectivity index (χ1n) is 12.7. The fraction of sp³-hybridized carbons (Fsp3) is 0.333. The van der Waals surface area contributed by atoms with E-state index in [1.54, 1.807) is 13.8 Å². The number of hydrogen-bond donors (Lipinski definition) is 0. The van der Waals surface area contributed by atoms with E-state index in [1.165, 1.54) is 33.3 Å². The van der Waals surface area contributed by atoms with Crippen molar-refractivity contribution >= 4 is 23.1 Å². The summed E-state index contributed by atoms with van der Waals surface area (Å²) in [5, 5.41) is 4.17. The number of carbonyl (C=O) groups is 1. The summed E-state index contributed by atoms with van der Waals surface area (Å²) in [5.41, 5.74) is 1.69. The van der Waals surface area contributed by atoms with Gasteiger partial charge in [-0.1, -0.05) is 0 Å². The van der Waals surface area contributed by atoms with Crippen molar-refractivity contribution in [2.45, 2.75) is 38.8 Å². The Morgan fingerprint density at radius 3 is 2.60 bits per heavy atom. The summed E-state index contributed by atoms with van der Waals surface area (Å²) < 4.78 is 61.6. The molecule has 13 heteroatoms. The number of fused-ring (bicyclic) bond motifs is 3. The molecule has 0 radical (unpaired) electrons. The Labute approximate surface area is 230 Å². The summed E-state index contributed by atoms with van der Waals surface area (Å²) in [7, 11) is 0. The van der Waals surface area contributed by atoms with E-state index in [-0.39, 0.29) is 5.69 Å². The lowest BCUT2D eigenvalue weighted by atomic mass is 10.1. The third-order valence-electron chi connectivity index (χ3n) is 7.09. The number of rotatable bonds is 4. The van der Waals surface area contributed by atoms with E-state index in [9.17, 15) is 22.4 Å². The second-order valence-corrected chi connectivity index (χ2v) is 10.9. The molecule has 2 aliphatic heterocycles. The maximum Gasteiger partial charge on any atom is 0.315 e. The highest BCUT2D eigenvalue weighted by Crippen LogP contribution is 2.43. The van der Waals surface area contributed by atoms with Crippen LogP contribution in [-0.2, 0) is 11.2 Å². The molecule has 0 saturated carbocycles. The van der Waals surface area contributed by atoms with Crippen LogP contribution in [0.3, 0.4) is 0 Å². The van der Waals surface area contributed by atoms with Crippen molar-refractivity contribution in [3.8, 4) is 32.7 Å². The maximum absolute atomic E-state index is 14.6. The third-order valence-corrected chi connectivity index (χ3v) is 8.27. The molecule has 2 aliphatic rings. The van der Waals surface area contributed by atoms with Crippen LogP contribution in [0.4, 0.5) is 23.4 Å². The van der Waals surface area contributed by atoms with Crippen molar-refractivity contribution in [1.82, 2.24) is 24.6 Å². The van der Waals surface area contributed by atoms with Gasteiger partial charge >= 0.3 is 6.43 Å². The number of pyridine rings is 1. The molecule has 1 amide bonds. The number of anilines is 1. The van der Waals surface area contributed by atoms with Gasteiger partial charge in [0.15, 0.2) is 11.6 Å². The van der Waals surface area contributed by atoms with Crippen LogP contribution in [0.2, 0.25) is 0 Å². The van der Waals surface area contributed by atoms with Crippen LogP contribution in [0, 0.1) is 11.6 Å². The first-order valence-corrected chi connectivity index (χ1v) is 13.5. The molecule has 40 heavy (non-hydrogen) atoms. The molecule has 0 aliphatic carbocycles. The van der Waals surface area contributed by atoms with Crippen LogP contribution in [-0.4, -0.2) is 68.8 Å². The number of aromatic nitrogens is 4. The van der Waals surface area contributed by atoms with Crippen molar-refractivity contribution in [2.24, 2.45) is 0 Å². The van der Waals surface area contributed by atoms with Gasteiger partial charge in [-0.2, -0.15) is 13.9 Å². The number of hydrogen-bond acceptors (Lipinski definition) is 7. The number of carbonyl (C=O) groups excluding carboxylic acids is 1. The van der Waals surface area contributed by atoms with Gasteiger partial charge in [-0.15, -0.1) is 11.3 Å². The number of amides is 1. The van der Waals surface area contributed by atoms with Crippen LogP contribution < -0.4 is 9.64 Å². The zero-order valence-corrected chi connectivity index (χ0v) is 22.3. The Hall–Kier alpha value is -4.00. The molecular formula is C27H24F4N6O2S. The SMILES string of the molecule is C[C@@H]1CN(c2ccc3c(n2)-c2sc(-c4ncnn4-c4ccc(F)cc4F)cc2CCO3)C[C@H](C)N1C(=O)C(F)F. The Morgan fingerprint density at radius 2 is 1.88 bits per heavy atom.